The Balaban J connectivity index is 1.68. The molecular formula is C20H25FN4O2. The number of aliphatic imine (C=N–C) groups is 1. The predicted molar refractivity (Wildman–Crippen MR) is 105 cm³/mol. The molecule has 0 aliphatic heterocycles. The van der Waals surface area contributed by atoms with Gasteiger partial charge in [-0.3, -0.25) is 9.79 Å². The van der Waals surface area contributed by atoms with Crippen molar-refractivity contribution >= 4 is 11.9 Å². The van der Waals surface area contributed by atoms with Gasteiger partial charge >= 0.3 is 0 Å². The van der Waals surface area contributed by atoms with Gasteiger partial charge in [-0.15, -0.1) is 0 Å². The van der Waals surface area contributed by atoms with Gasteiger partial charge in [0.05, 0.1) is 7.11 Å². The Labute approximate surface area is 158 Å². The van der Waals surface area contributed by atoms with Crippen LogP contribution in [0, 0.1) is 5.82 Å². The number of carbonyl (C=O) groups excluding carboxylic acids is 1. The highest BCUT2D eigenvalue weighted by Gasteiger charge is 2.06. The van der Waals surface area contributed by atoms with Gasteiger partial charge in [0.15, 0.2) is 5.96 Å². The molecule has 0 bridgehead atoms. The quantitative estimate of drug-likeness (QED) is 0.376. The minimum absolute atomic E-state index is 0.168. The second-order valence-corrected chi connectivity index (χ2v) is 5.76. The Morgan fingerprint density at radius 3 is 2.52 bits per heavy atom. The maximum Gasteiger partial charge on any atom is 0.251 e. The van der Waals surface area contributed by atoms with Crippen LogP contribution in [0.5, 0.6) is 5.75 Å². The van der Waals surface area contributed by atoms with Crippen LogP contribution in [-0.4, -0.2) is 45.7 Å². The maximum atomic E-state index is 13.6. The fourth-order valence-corrected chi connectivity index (χ4v) is 2.46. The average molecular weight is 372 g/mol. The molecule has 0 aliphatic rings. The lowest BCUT2D eigenvalue weighted by molar-refractivity contribution is 0.0954. The van der Waals surface area contributed by atoms with Gasteiger partial charge in [0.25, 0.3) is 5.91 Å². The van der Waals surface area contributed by atoms with Crippen molar-refractivity contribution in [3.8, 4) is 5.75 Å². The third-order valence-corrected chi connectivity index (χ3v) is 3.90. The van der Waals surface area contributed by atoms with Crippen LogP contribution in [0.4, 0.5) is 4.39 Å². The molecule has 0 spiro atoms. The number of methoxy groups -OCH3 is 1. The molecule has 2 rings (SSSR count). The molecule has 0 fully saturated rings. The van der Waals surface area contributed by atoms with E-state index in [9.17, 15) is 9.18 Å². The first kappa shape index (κ1) is 20.2. The fraction of sp³-hybridized carbons (Fsp3) is 0.300. The van der Waals surface area contributed by atoms with Crippen molar-refractivity contribution in [1.29, 1.82) is 0 Å². The maximum absolute atomic E-state index is 13.6. The summed E-state index contributed by atoms with van der Waals surface area (Å²) in [6, 6.07) is 13.7. The number of nitrogens with one attached hydrogen (secondary N) is 3. The van der Waals surface area contributed by atoms with Gasteiger partial charge in [-0.25, -0.2) is 4.39 Å². The van der Waals surface area contributed by atoms with Crippen molar-refractivity contribution in [1.82, 2.24) is 16.0 Å². The molecule has 144 valence electrons. The number of guanidine groups is 1. The summed E-state index contributed by atoms with van der Waals surface area (Å²) in [5, 5.41) is 9.06. The lowest BCUT2D eigenvalue weighted by Gasteiger charge is -2.12. The summed E-state index contributed by atoms with van der Waals surface area (Å²) in [5.74, 6) is 0.864. The van der Waals surface area contributed by atoms with E-state index >= 15 is 0 Å². The smallest absolute Gasteiger partial charge is 0.251 e. The molecule has 3 N–H and O–H groups in total. The van der Waals surface area contributed by atoms with E-state index in [0.29, 0.717) is 48.9 Å². The molecule has 0 radical (unpaired) electrons. The van der Waals surface area contributed by atoms with Crippen LogP contribution < -0.4 is 20.7 Å². The number of ether oxygens (including phenoxy) is 1. The molecule has 0 heterocycles. The van der Waals surface area contributed by atoms with Gasteiger partial charge in [-0.05, 0) is 36.2 Å². The van der Waals surface area contributed by atoms with Crippen LogP contribution in [0.25, 0.3) is 0 Å². The summed E-state index contributed by atoms with van der Waals surface area (Å²) in [5.41, 5.74) is 1.20. The molecule has 1 amide bonds. The zero-order valence-corrected chi connectivity index (χ0v) is 15.6. The van der Waals surface area contributed by atoms with Crippen LogP contribution in [0.1, 0.15) is 15.9 Å². The highest BCUT2D eigenvalue weighted by atomic mass is 19.1. The van der Waals surface area contributed by atoms with Crippen LogP contribution in [-0.2, 0) is 6.42 Å². The van der Waals surface area contributed by atoms with Crippen molar-refractivity contribution < 1.29 is 13.9 Å². The van der Waals surface area contributed by atoms with Crippen molar-refractivity contribution in [2.45, 2.75) is 6.42 Å². The zero-order valence-electron chi connectivity index (χ0n) is 15.6. The first-order valence-electron chi connectivity index (χ1n) is 8.74. The minimum atomic E-state index is -0.206. The molecule has 0 unspecified atom stereocenters. The predicted octanol–water partition coefficient (Wildman–Crippen LogP) is 1.97. The summed E-state index contributed by atoms with van der Waals surface area (Å²) < 4.78 is 18.7. The topological polar surface area (TPSA) is 74.8 Å². The third kappa shape index (κ3) is 6.62. The lowest BCUT2D eigenvalue weighted by atomic mass is 10.1. The fourth-order valence-electron chi connectivity index (χ4n) is 2.46. The number of hydrogen-bond donors (Lipinski definition) is 3. The van der Waals surface area contributed by atoms with Gasteiger partial charge in [-0.2, -0.15) is 0 Å². The molecule has 0 atom stereocenters. The van der Waals surface area contributed by atoms with Crippen LogP contribution in [0.3, 0.4) is 0 Å². The number of benzene rings is 2. The van der Waals surface area contributed by atoms with Crippen molar-refractivity contribution in [3.05, 3.63) is 65.5 Å². The van der Waals surface area contributed by atoms with Gasteiger partial charge in [0.1, 0.15) is 11.6 Å². The van der Waals surface area contributed by atoms with Gasteiger partial charge in [-0.1, -0.05) is 24.3 Å². The second kappa shape index (κ2) is 10.8. The van der Waals surface area contributed by atoms with E-state index in [1.807, 2.05) is 6.07 Å². The summed E-state index contributed by atoms with van der Waals surface area (Å²) in [6.07, 6.45) is 0.556. The Bertz CT molecular complexity index is 780. The molecule has 27 heavy (non-hydrogen) atoms. The molecular weight excluding hydrogens is 347 g/mol. The lowest BCUT2D eigenvalue weighted by Crippen LogP contribution is -2.42. The summed E-state index contributed by atoms with van der Waals surface area (Å²) in [6.45, 7) is 1.50. The largest absolute Gasteiger partial charge is 0.497 e. The van der Waals surface area contributed by atoms with Crippen molar-refractivity contribution in [2.24, 2.45) is 4.99 Å². The number of halogens is 1. The van der Waals surface area contributed by atoms with E-state index in [2.05, 4.69) is 20.9 Å². The Morgan fingerprint density at radius 1 is 1.04 bits per heavy atom. The monoisotopic (exact) mass is 372 g/mol. The van der Waals surface area contributed by atoms with Crippen molar-refractivity contribution in [3.63, 3.8) is 0 Å². The molecule has 2 aromatic carbocycles. The molecule has 0 saturated carbocycles. The van der Waals surface area contributed by atoms with Gasteiger partial charge in [0, 0.05) is 32.2 Å². The van der Waals surface area contributed by atoms with E-state index in [1.54, 1.807) is 50.6 Å². The molecule has 7 heteroatoms. The normalized spacial score (nSPS) is 11.0. The molecule has 6 nitrogen and oxygen atoms in total. The summed E-state index contributed by atoms with van der Waals surface area (Å²) >= 11 is 0. The van der Waals surface area contributed by atoms with E-state index in [-0.39, 0.29) is 11.7 Å². The number of rotatable bonds is 8. The molecule has 0 aromatic heterocycles. The Morgan fingerprint density at radius 2 is 1.78 bits per heavy atom. The van der Waals surface area contributed by atoms with Gasteiger partial charge < -0.3 is 20.7 Å². The molecule has 2 aromatic rings. The van der Waals surface area contributed by atoms with Crippen LogP contribution >= 0.6 is 0 Å². The van der Waals surface area contributed by atoms with E-state index in [4.69, 9.17) is 4.74 Å². The average Bonchev–Trinajstić information content (AvgIpc) is 2.71. The SMILES string of the molecule is CN=C(NCCNC(=O)c1cccc(OC)c1)NCCc1ccccc1F. The first-order valence-corrected chi connectivity index (χ1v) is 8.74. The molecule has 0 saturated heterocycles. The van der Waals surface area contributed by atoms with E-state index in [0.717, 1.165) is 0 Å². The Kier molecular flexibility index (Phi) is 8.09. The highest BCUT2D eigenvalue weighted by molar-refractivity contribution is 5.94. The minimum Gasteiger partial charge on any atom is -0.497 e. The third-order valence-electron chi connectivity index (χ3n) is 3.90. The Hall–Kier alpha value is -3.09. The standard InChI is InChI=1S/C20H25FN4O2/c1-22-20(24-11-10-15-6-3-4-9-18(15)21)25-13-12-23-19(26)16-7-5-8-17(14-16)27-2/h3-9,14H,10-13H2,1-2H3,(H,23,26)(H2,22,24,25). The van der Waals surface area contributed by atoms with E-state index in [1.165, 1.54) is 6.07 Å². The number of nitrogens with zero attached hydrogens (tertiary/aromatic N) is 1. The highest BCUT2D eigenvalue weighted by Crippen LogP contribution is 2.12. The first-order chi connectivity index (χ1) is 13.1. The van der Waals surface area contributed by atoms with Crippen molar-refractivity contribution in [2.75, 3.05) is 33.8 Å². The molecule has 0 aliphatic carbocycles. The van der Waals surface area contributed by atoms with E-state index < -0.39 is 0 Å². The summed E-state index contributed by atoms with van der Waals surface area (Å²) in [7, 11) is 3.22. The summed E-state index contributed by atoms with van der Waals surface area (Å²) in [4.78, 5) is 16.2. The van der Waals surface area contributed by atoms with Crippen LogP contribution in [0.15, 0.2) is 53.5 Å². The number of carbonyl (C=O) groups is 1. The zero-order chi connectivity index (χ0) is 19.5. The number of amides is 1. The van der Waals surface area contributed by atoms with Gasteiger partial charge in [0.2, 0.25) is 0 Å². The van der Waals surface area contributed by atoms with Crippen LogP contribution in [0.2, 0.25) is 0 Å². The second-order valence-electron chi connectivity index (χ2n) is 5.76. The number of hydrogen-bond acceptors (Lipinski definition) is 3.